The van der Waals surface area contributed by atoms with Gasteiger partial charge in [-0.15, -0.1) is 0 Å². The van der Waals surface area contributed by atoms with Crippen LogP contribution in [0.4, 0.5) is 5.69 Å². The molecule has 0 spiro atoms. The summed E-state index contributed by atoms with van der Waals surface area (Å²) in [7, 11) is 0. The van der Waals surface area contributed by atoms with E-state index in [1.165, 1.54) is 0 Å². The Morgan fingerprint density at radius 1 is 1.64 bits per heavy atom. The van der Waals surface area contributed by atoms with Crippen LogP contribution in [0.1, 0.15) is 11.1 Å². The van der Waals surface area contributed by atoms with E-state index in [-0.39, 0.29) is 12.1 Å². The van der Waals surface area contributed by atoms with Crippen LogP contribution in [0, 0.1) is 28.4 Å². The average Bonchev–Trinajstić information content (AvgIpc) is 2.11. The normalized spacial score (nSPS) is 9.50. The van der Waals surface area contributed by atoms with Crippen molar-refractivity contribution in [3.05, 3.63) is 37.8 Å². The molecule has 0 aromatic heterocycles. The van der Waals surface area contributed by atoms with Crippen molar-refractivity contribution in [3.63, 3.8) is 0 Å². The SMILES string of the molecule is Cc1c(Br)ccc(CC#N)c1[N+](=O)[O-]. The van der Waals surface area contributed by atoms with Crippen LogP contribution in [-0.2, 0) is 6.42 Å². The molecule has 1 rings (SSSR count). The molecule has 0 atom stereocenters. The lowest BCUT2D eigenvalue weighted by Gasteiger charge is -2.03. The Kier molecular flexibility index (Phi) is 3.20. The lowest BCUT2D eigenvalue weighted by atomic mass is 10.1. The Balaban J connectivity index is 3.39. The molecule has 0 amide bonds. The van der Waals surface area contributed by atoms with E-state index in [2.05, 4.69) is 15.9 Å². The van der Waals surface area contributed by atoms with E-state index in [0.717, 1.165) is 0 Å². The minimum Gasteiger partial charge on any atom is -0.258 e. The molecule has 0 unspecified atom stereocenters. The molecule has 4 nitrogen and oxygen atoms in total. The predicted molar refractivity (Wildman–Crippen MR) is 54.9 cm³/mol. The lowest BCUT2D eigenvalue weighted by Crippen LogP contribution is -1.98. The highest BCUT2D eigenvalue weighted by Crippen LogP contribution is 2.29. The van der Waals surface area contributed by atoms with Crippen molar-refractivity contribution in [1.29, 1.82) is 5.26 Å². The fourth-order valence-corrected chi connectivity index (χ4v) is 1.53. The van der Waals surface area contributed by atoms with Crippen molar-refractivity contribution in [2.75, 3.05) is 0 Å². The van der Waals surface area contributed by atoms with Gasteiger partial charge < -0.3 is 0 Å². The highest BCUT2D eigenvalue weighted by molar-refractivity contribution is 9.10. The Morgan fingerprint density at radius 3 is 2.79 bits per heavy atom. The lowest BCUT2D eigenvalue weighted by molar-refractivity contribution is -0.386. The summed E-state index contributed by atoms with van der Waals surface area (Å²) in [5.41, 5.74) is 1.04. The monoisotopic (exact) mass is 254 g/mol. The van der Waals surface area contributed by atoms with Crippen molar-refractivity contribution < 1.29 is 4.92 Å². The first kappa shape index (κ1) is 10.7. The van der Waals surface area contributed by atoms with Gasteiger partial charge in [0, 0.05) is 15.6 Å². The molecule has 14 heavy (non-hydrogen) atoms. The van der Waals surface area contributed by atoms with E-state index in [1.807, 2.05) is 6.07 Å². The first-order chi connectivity index (χ1) is 6.57. The molecule has 0 bridgehead atoms. The van der Waals surface area contributed by atoms with Gasteiger partial charge in [0.05, 0.1) is 17.4 Å². The Morgan fingerprint density at radius 2 is 2.29 bits per heavy atom. The fourth-order valence-electron chi connectivity index (χ4n) is 1.21. The van der Waals surface area contributed by atoms with Crippen LogP contribution < -0.4 is 0 Å². The molecule has 0 fully saturated rings. The van der Waals surface area contributed by atoms with E-state index < -0.39 is 4.92 Å². The van der Waals surface area contributed by atoms with Gasteiger partial charge in [0.25, 0.3) is 5.69 Å². The summed E-state index contributed by atoms with van der Waals surface area (Å²) in [5, 5.41) is 19.2. The zero-order valence-corrected chi connectivity index (χ0v) is 9.04. The van der Waals surface area contributed by atoms with E-state index in [9.17, 15) is 10.1 Å². The van der Waals surface area contributed by atoms with Crippen molar-refractivity contribution in [2.24, 2.45) is 0 Å². The minimum atomic E-state index is -0.452. The third-order valence-electron chi connectivity index (χ3n) is 1.90. The zero-order valence-electron chi connectivity index (χ0n) is 7.45. The summed E-state index contributed by atoms with van der Waals surface area (Å²) in [6.07, 6.45) is 0.0600. The maximum absolute atomic E-state index is 10.7. The van der Waals surface area contributed by atoms with Crippen molar-refractivity contribution in [3.8, 4) is 6.07 Å². The van der Waals surface area contributed by atoms with Gasteiger partial charge in [0.15, 0.2) is 0 Å². The number of nitro groups is 1. The summed E-state index contributed by atoms with van der Waals surface area (Å²) < 4.78 is 0.686. The Labute approximate surface area is 89.4 Å². The first-order valence-electron chi connectivity index (χ1n) is 3.87. The number of hydrogen-bond donors (Lipinski definition) is 0. The predicted octanol–water partition coefficient (Wildman–Crippen LogP) is 2.73. The topological polar surface area (TPSA) is 66.9 Å². The Bertz CT molecular complexity index is 424. The molecule has 0 N–H and O–H groups in total. The van der Waals surface area contributed by atoms with Crippen LogP contribution in [0.15, 0.2) is 16.6 Å². The van der Waals surface area contributed by atoms with Gasteiger partial charge >= 0.3 is 0 Å². The highest BCUT2D eigenvalue weighted by Gasteiger charge is 2.18. The molecule has 0 saturated heterocycles. The summed E-state index contributed by atoms with van der Waals surface area (Å²) >= 11 is 3.21. The Hall–Kier alpha value is -1.41. The van der Waals surface area contributed by atoms with Crippen molar-refractivity contribution in [1.82, 2.24) is 0 Å². The maximum Gasteiger partial charge on any atom is 0.277 e. The van der Waals surface area contributed by atoms with E-state index in [0.29, 0.717) is 15.6 Å². The van der Waals surface area contributed by atoms with Gasteiger partial charge in [-0.3, -0.25) is 10.1 Å². The molecule has 1 aromatic carbocycles. The standard InChI is InChI=1S/C9H7BrN2O2/c1-6-8(10)3-2-7(4-5-11)9(6)12(13)14/h2-3H,4H2,1H3. The number of rotatable bonds is 2. The van der Waals surface area contributed by atoms with Gasteiger partial charge in [-0.1, -0.05) is 15.9 Å². The van der Waals surface area contributed by atoms with Crippen molar-refractivity contribution >= 4 is 21.6 Å². The van der Waals surface area contributed by atoms with E-state index in [4.69, 9.17) is 5.26 Å². The second-order valence-electron chi connectivity index (χ2n) is 2.77. The second kappa shape index (κ2) is 4.20. The van der Waals surface area contributed by atoms with Crippen LogP contribution in [0.25, 0.3) is 0 Å². The third-order valence-corrected chi connectivity index (χ3v) is 2.76. The summed E-state index contributed by atoms with van der Waals surface area (Å²) in [6.45, 7) is 1.66. The molecular formula is C9H7BrN2O2. The third kappa shape index (κ3) is 1.91. The average molecular weight is 255 g/mol. The van der Waals surface area contributed by atoms with E-state index in [1.54, 1.807) is 19.1 Å². The number of nitro benzene ring substituents is 1. The molecule has 0 radical (unpaired) electrons. The maximum atomic E-state index is 10.7. The van der Waals surface area contributed by atoms with Gasteiger partial charge in [0.1, 0.15) is 0 Å². The first-order valence-corrected chi connectivity index (χ1v) is 4.66. The van der Waals surface area contributed by atoms with E-state index >= 15 is 0 Å². The number of nitrogens with zero attached hydrogens (tertiary/aromatic N) is 2. The molecule has 0 saturated carbocycles. The highest BCUT2D eigenvalue weighted by atomic mass is 79.9. The number of nitriles is 1. The van der Waals surface area contributed by atoms with Crippen LogP contribution in [0.5, 0.6) is 0 Å². The number of hydrogen-bond acceptors (Lipinski definition) is 3. The van der Waals surface area contributed by atoms with Gasteiger partial charge in [-0.05, 0) is 19.1 Å². The molecule has 1 aromatic rings. The molecular weight excluding hydrogens is 248 g/mol. The molecule has 5 heteroatoms. The summed E-state index contributed by atoms with van der Waals surface area (Å²) in [4.78, 5) is 10.3. The summed E-state index contributed by atoms with van der Waals surface area (Å²) in [5.74, 6) is 0. The van der Waals surface area contributed by atoms with Crippen molar-refractivity contribution in [2.45, 2.75) is 13.3 Å². The smallest absolute Gasteiger partial charge is 0.258 e. The zero-order chi connectivity index (χ0) is 10.7. The van der Waals surface area contributed by atoms with Gasteiger partial charge in [-0.25, -0.2) is 0 Å². The summed E-state index contributed by atoms with van der Waals surface area (Å²) in [6, 6.07) is 5.22. The fraction of sp³-hybridized carbons (Fsp3) is 0.222. The van der Waals surface area contributed by atoms with Gasteiger partial charge in [0.2, 0.25) is 0 Å². The van der Waals surface area contributed by atoms with Crippen LogP contribution in [0.3, 0.4) is 0 Å². The number of benzene rings is 1. The molecule has 0 heterocycles. The largest absolute Gasteiger partial charge is 0.277 e. The number of halogens is 1. The van der Waals surface area contributed by atoms with Crippen LogP contribution in [0.2, 0.25) is 0 Å². The minimum absolute atomic E-state index is 0.0286. The van der Waals surface area contributed by atoms with Gasteiger partial charge in [-0.2, -0.15) is 5.26 Å². The molecule has 0 aliphatic heterocycles. The molecule has 0 aliphatic rings. The second-order valence-corrected chi connectivity index (χ2v) is 3.63. The van der Waals surface area contributed by atoms with Crippen LogP contribution >= 0.6 is 15.9 Å². The quantitative estimate of drug-likeness (QED) is 0.602. The molecule has 0 aliphatic carbocycles. The molecule has 72 valence electrons. The van der Waals surface area contributed by atoms with Crippen LogP contribution in [-0.4, -0.2) is 4.92 Å².